The lowest BCUT2D eigenvalue weighted by atomic mass is 9.92. The summed E-state index contributed by atoms with van der Waals surface area (Å²) in [6.07, 6.45) is 0. The van der Waals surface area contributed by atoms with Gasteiger partial charge in [0.25, 0.3) is 0 Å². The van der Waals surface area contributed by atoms with Gasteiger partial charge in [0.2, 0.25) is 0 Å². The summed E-state index contributed by atoms with van der Waals surface area (Å²) in [5.74, 6) is 0. The van der Waals surface area contributed by atoms with E-state index in [4.69, 9.17) is 0 Å². The first-order chi connectivity index (χ1) is 18.5. The molecule has 0 radical (unpaired) electrons. The third kappa shape index (κ3) is 4.38. The van der Waals surface area contributed by atoms with E-state index in [9.17, 15) is 0 Å². The first-order valence-electron chi connectivity index (χ1n) is 13.2. The Morgan fingerprint density at radius 3 is 1.58 bits per heavy atom. The molecule has 0 aliphatic heterocycles. The third-order valence-corrected chi connectivity index (χ3v) is 9.75. The summed E-state index contributed by atoms with van der Waals surface area (Å²) in [7, 11) is 3.51. The van der Waals surface area contributed by atoms with Crippen LogP contribution in [0.3, 0.4) is 0 Å². The molecular formula is C36H32NP. The molecule has 0 aliphatic rings. The Kier molecular flexibility index (Phi) is 6.48. The number of rotatable bonds is 5. The number of hydrogen-bond acceptors (Lipinski definition) is 1. The number of benzene rings is 6. The van der Waals surface area contributed by atoms with Crippen molar-refractivity contribution in [3.05, 3.63) is 132 Å². The monoisotopic (exact) mass is 509 g/mol. The first kappa shape index (κ1) is 24.4. The van der Waals surface area contributed by atoms with Gasteiger partial charge in [-0.25, -0.2) is 0 Å². The lowest BCUT2D eigenvalue weighted by Crippen LogP contribution is -2.23. The van der Waals surface area contributed by atoms with E-state index < -0.39 is 7.92 Å². The van der Waals surface area contributed by atoms with Gasteiger partial charge in [-0.05, 0) is 65.3 Å². The van der Waals surface area contributed by atoms with Crippen molar-refractivity contribution in [3.8, 4) is 11.1 Å². The highest BCUT2D eigenvalue weighted by atomic mass is 31.1. The lowest BCUT2D eigenvalue weighted by molar-refractivity contribution is 1.14. The van der Waals surface area contributed by atoms with Gasteiger partial charge in [-0.15, -0.1) is 0 Å². The van der Waals surface area contributed by atoms with Crippen molar-refractivity contribution in [1.29, 1.82) is 0 Å². The Hall–Kier alpha value is -3.93. The molecule has 6 rings (SSSR count). The van der Waals surface area contributed by atoms with Crippen LogP contribution in [-0.4, -0.2) is 14.1 Å². The van der Waals surface area contributed by atoms with Crippen LogP contribution >= 0.6 is 7.92 Å². The van der Waals surface area contributed by atoms with Crippen LogP contribution in [-0.2, 0) is 0 Å². The number of hydrogen-bond donors (Lipinski definition) is 0. The number of aryl methyl sites for hydroxylation is 2. The normalized spacial score (nSPS) is 11.4. The van der Waals surface area contributed by atoms with Gasteiger partial charge in [0.05, 0.1) is 0 Å². The Morgan fingerprint density at radius 1 is 0.500 bits per heavy atom. The molecule has 6 aromatic rings. The quantitative estimate of drug-likeness (QED) is 0.212. The standard InChI is InChI=1S/C36H32NP/c1-25-11-9-15-29(23-25)38(30-16-10-12-26(2)24-30)34-22-20-28-14-6-8-18-32(28)36(34)35-31-17-7-5-13-27(31)19-21-33(35)37(3)4/h5-24H,1-4H3. The van der Waals surface area contributed by atoms with Crippen LogP contribution < -0.4 is 20.8 Å². The Labute approximate surface area is 227 Å². The second-order valence-electron chi connectivity index (χ2n) is 10.3. The van der Waals surface area contributed by atoms with Crippen LogP contribution in [0.15, 0.2) is 121 Å². The predicted molar refractivity (Wildman–Crippen MR) is 169 cm³/mol. The van der Waals surface area contributed by atoms with Gasteiger partial charge in [0.1, 0.15) is 0 Å². The van der Waals surface area contributed by atoms with E-state index in [-0.39, 0.29) is 0 Å². The zero-order chi connectivity index (χ0) is 26.2. The second kappa shape index (κ2) is 10.1. The summed E-state index contributed by atoms with van der Waals surface area (Å²) in [6, 6.07) is 45.1. The highest BCUT2D eigenvalue weighted by Crippen LogP contribution is 2.45. The molecule has 0 fully saturated rings. The molecule has 0 bridgehead atoms. The summed E-state index contributed by atoms with van der Waals surface area (Å²) in [4.78, 5) is 2.26. The van der Waals surface area contributed by atoms with Gasteiger partial charge in [-0.3, -0.25) is 0 Å². The fourth-order valence-electron chi connectivity index (χ4n) is 5.57. The van der Waals surface area contributed by atoms with Crippen molar-refractivity contribution in [1.82, 2.24) is 0 Å². The van der Waals surface area contributed by atoms with Crippen LogP contribution in [0.1, 0.15) is 11.1 Å². The highest BCUT2D eigenvalue weighted by Gasteiger charge is 2.25. The predicted octanol–water partition coefficient (Wildman–Crippen LogP) is 8.10. The molecule has 0 atom stereocenters. The van der Waals surface area contributed by atoms with Crippen LogP contribution in [0, 0.1) is 13.8 Å². The zero-order valence-electron chi connectivity index (χ0n) is 22.4. The molecular weight excluding hydrogens is 477 g/mol. The molecule has 0 spiro atoms. The minimum atomic E-state index is -0.802. The van der Waals surface area contributed by atoms with E-state index in [1.54, 1.807) is 0 Å². The molecule has 0 saturated carbocycles. The van der Waals surface area contributed by atoms with Gasteiger partial charge in [-0.2, -0.15) is 0 Å². The van der Waals surface area contributed by atoms with Crippen molar-refractivity contribution in [2.45, 2.75) is 13.8 Å². The topological polar surface area (TPSA) is 3.24 Å². The summed E-state index contributed by atoms with van der Waals surface area (Å²) in [5.41, 5.74) is 6.49. The van der Waals surface area contributed by atoms with Gasteiger partial charge >= 0.3 is 0 Å². The molecule has 0 heterocycles. The molecule has 2 heteroatoms. The molecule has 0 aliphatic carbocycles. The molecule has 38 heavy (non-hydrogen) atoms. The van der Waals surface area contributed by atoms with E-state index in [0.29, 0.717) is 0 Å². The average Bonchev–Trinajstić information content (AvgIpc) is 2.92. The number of fused-ring (bicyclic) bond motifs is 2. The van der Waals surface area contributed by atoms with E-state index >= 15 is 0 Å². The molecule has 0 unspecified atom stereocenters. The minimum absolute atomic E-state index is 0.802. The number of nitrogens with zero attached hydrogens (tertiary/aromatic N) is 1. The highest BCUT2D eigenvalue weighted by molar-refractivity contribution is 7.80. The maximum absolute atomic E-state index is 2.40. The minimum Gasteiger partial charge on any atom is -0.377 e. The van der Waals surface area contributed by atoms with Gasteiger partial charge in [0, 0.05) is 30.9 Å². The van der Waals surface area contributed by atoms with Gasteiger partial charge < -0.3 is 4.90 Å². The Bertz CT molecular complexity index is 1740. The van der Waals surface area contributed by atoms with Gasteiger partial charge in [-0.1, -0.05) is 126 Å². The first-order valence-corrected chi connectivity index (χ1v) is 14.5. The average molecular weight is 510 g/mol. The Morgan fingerprint density at radius 2 is 1.03 bits per heavy atom. The molecule has 0 saturated heterocycles. The van der Waals surface area contributed by atoms with Crippen molar-refractivity contribution < 1.29 is 0 Å². The third-order valence-electron chi connectivity index (χ3n) is 7.31. The van der Waals surface area contributed by atoms with Crippen LogP contribution in [0.2, 0.25) is 0 Å². The maximum atomic E-state index is 2.40. The van der Waals surface area contributed by atoms with Crippen molar-refractivity contribution in [2.24, 2.45) is 0 Å². The summed E-state index contributed by atoms with van der Waals surface area (Å²) < 4.78 is 0. The SMILES string of the molecule is Cc1cccc(P(c2cccc(C)c2)c2ccc3ccccc3c2-c2c(N(C)C)ccc3ccccc23)c1. The lowest BCUT2D eigenvalue weighted by Gasteiger charge is -2.27. The second-order valence-corrected chi connectivity index (χ2v) is 12.5. The van der Waals surface area contributed by atoms with Crippen LogP contribution in [0.25, 0.3) is 32.7 Å². The fourth-order valence-corrected chi connectivity index (χ4v) is 8.24. The molecule has 186 valence electrons. The largest absolute Gasteiger partial charge is 0.377 e. The van der Waals surface area contributed by atoms with E-state index in [1.807, 2.05) is 0 Å². The molecule has 6 aromatic carbocycles. The number of anilines is 1. The zero-order valence-corrected chi connectivity index (χ0v) is 23.3. The van der Waals surface area contributed by atoms with E-state index in [1.165, 1.54) is 65.4 Å². The molecule has 1 nitrogen and oxygen atoms in total. The Balaban J connectivity index is 1.79. The van der Waals surface area contributed by atoms with Crippen LogP contribution in [0.4, 0.5) is 5.69 Å². The summed E-state index contributed by atoms with van der Waals surface area (Å²) in [5, 5.41) is 9.30. The van der Waals surface area contributed by atoms with Crippen LogP contribution in [0.5, 0.6) is 0 Å². The molecule has 0 aromatic heterocycles. The van der Waals surface area contributed by atoms with Crippen molar-refractivity contribution >= 4 is 51.1 Å². The summed E-state index contributed by atoms with van der Waals surface area (Å²) >= 11 is 0. The van der Waals surface area contributed by atoms with Crippen molar-refractivity contribution in [3.63, 3.8) is 0 Å². The van der Waals surface area contributed by atoms with Crippen molar-refractivity contribution in [2.75, 3.05) is 19.0 Å². The van der Waals surface area contributed by atoms with E-state index in [0.717, 1.165) is 0 Å². The molecule has 0 amide bonds. The van der Waals surface area contributed by atoms with E-state index in [2.05, 4.69) is 154 Å². The fraction of sp³-hybridized carbons (Fsp3) is 0.111. The van der Waals surface area contributed by atoms with Gasteiger partial charge in [0.15, 0.2) is 0 Å². The summed E-state index contributed by atoms with van der Waals surface area (Å²) in [6.45, 7) is 4.40. The molecule has 0 N–H and O–H groups in total. The smallest absolute Gasteiger partial charge is 0.0447 e. The maximum Gasteiger partial charge on any atom is 0.0447 e.